The first-order valence-electron chi connectivity index (χ1n) is 5.50. The third-order valence-electron chi connectivity index (χ3n) is 2.21. The lowest BCUT2D eigenvalue weighted by molar-refractivity contribution is 0.0698. The van der Waals surface area contributed by atoms with Gasteiger partial charge in [-0.1, -0.05) is 6.92 Å². The van der Waals surface area contributed by atoms with Crippen molar-refractivity contribution in [3.05, 3.63) is 15.8 Å². The highest BCUT2D eigenvalue weighted by atomic mass is 32.2. The molecule has 0 spiro atoms. The molecule has 0 atom stereocenters. The van der Waals surface area contributed by atoms with Gasteiger partial charge in [0.1, 0.15) is 15.6 Å². The smallest absolute Gasteiger partial charge is 0.349 e. The lowest BCUT2D eigenvalue weighted by atomic mass is 10.3. The molecule has 0 radical (unpaired) electrons. The van der Waals surface area contributed by atoms with Crippen LogP contribution in [0.25, 0.3) is 0 Å². The molecular weight excluding hydrogens is 276 g/mol. The Balaban J connectivity index is 2.61. The molecule has 0 aliphatic carbocycles. The van der Waals surface area contributed by atoms with Crippen LogP contribution in [-0.2, 0) is 16.3 Å². The number of carboxylic acids is 1. The minimum atomic E-state index is -3.00. The molecule has 0 aromatic carbocycles. The van der Waals surface area contributed by atoms with Crippen molar-refractivity contribution in [1.82, 2.24) is 0 Å². The maximum Gasteiger partial charge on any atom is 0.349 e. The summed E-state index contributed by atoms with van der Waals surface area (Å²) in [6, 6.07) is 1.70. The first kappa shape index (κ1) is 15.0. The molecule has 0 amide bonds. The molecule has 0 unspecified atom stereocenters. The second-order valence-electron chi connectivity index (χ2n) is 3.90. The quantitative estimate of drug-likeness (QED) is 0.775. The van der Waals surface area contributed by atoms with E-state index < -0.39 is 15.8 Å². The van der Waals surface area contributed by atoms with Gasteiger partial charge >= 0.3 is 5.97 Å². The van der Waals surface area contributed by atoms with Gasteiger partial charge in [-0.05, 0) is 18.9 Å². The number of rotatable bonds is 7. The molecule has 1 N–H and O–H groups in total. The molecule has 0 bridgehead atoms. The first-order chi connectivity index (χ1) is 8.33. The van der Waals surface area contributed by atoms with Gasteiger partial charge in [0.05, 0.1) is 12.4 Å². The van der Waals surface area contributed by atoms with Crippen molar-refractivity contribution < 1.29 is 23.1 Å². The van der Waals surface area contributed by atoms with Crippen LogP contribution in [-0.4, -0.2) is 38.1 Å². The Labute approximate surface area is 110 Å². The van der Waals surface area contributed by atoms with E-state index in [1.54, 1.807) is 6.07 Å². The Morgan fingerprint density at radius 2 is 2.17 bits per heavy atom. The van der Waals surface area contributed by atoms with E-state index in [4.69, 9.17) is 9.84 Å². The summed E-state index contributed by atoms with van der Waals surface area (Å²) in [6.07, 6.45) is 2.27. The minimum Gasteiger partial charge on any atom is -0.492 e. The number of aromatic carboxylic acids is 1. The van der Waals surface area contributed by atoms with E-state index in [0.29, 0.717) is 12.2 Å². The normalized spacial score (nSPS) is 11.4. The molecule has 0 fully saturated rings. The number of aryl methyl sites for hydroxylation is 1. The number of thiophene rings is 1. The van der Waals surface area contributed by atoms with E-state index in [0.717, 1.165) is 17.6 Å². The molecule has 1 heterocycles. The monoisotopic (exact) mass is 292 g/mol. The molecular formula is C11H16O5S2. The molecule has 1 rings (SSSR count). The predicted molar refractivity (Wildman–Crippen MR) is 70.5 cm³/mol. The molecule has 18 heavy (non-hydrogen) atoms. The fourth-order valence-electron chi connectivity index (χ4n) is 1.36. The Hall–Kier alpha value is -1.08. The second-order valence-corrected chi connectivity index (χ2v) is 7.29. The van der Waals surface area contributed by atoms with Gasteiger partial charge in [0.2, 0.25) is 0 Å². The maximum absolute atomic E-state index is 11.0. The van der Waals surface area contributed by atoms with Crippen molar-refractivity contribution in [2.75, 3.05) is 18.6 Å². The summed E-state index contributed by atoms with van der Waals surface area (Å²) in [5.74, 6) is -0.643. The van der Waals surface area contributed by atoms with Gasteiger partial charge in [0.25, 0.3) is 0 Å². The summed E-state index contributed by atoms with van der Waals surface area (Å²) >= 11 is 1.19. The van der Waals surface area contributed by atoms with Crippen LogP contribution >= 0.6 is 11.3 Å². The summed E-state index contributed by atoms with van der Waals surface area (Å²) in [4.78, 5) is 12.1. The molecule has 5 nitrogen and oxygen atoms in total. The topological polar surface area (TPSA) is 80.7 Å². The van der Waals surface area contributed by atoms with Gasteiger partial charge in [-0.2, -0.15) is 0 Å². The zero-order valence-corrected chi connectivity index (χ0v) is 11.9. The van der Waals surface area contributed by atoms with Crippen molar-refractivity contribution in [1.29, 1.82) is 0 Å². The second kappa shape index (κ2) is 6.19. The summed E-state index contributed by atoms with van der Waals surface area (Å²) in [5.41, 5.74) is 0. The van der Waals surface area contributed by atoms with Crippen molar-refractivity contribution in [2.45, 2.75) is 19.8 Å². The number of ether oxygens (including phenoxy) is 1. The highest BCUT2D eigenvalue weighted by Crippen LogP contribution is 2.29. The Morgan fingerprint density at radius 1 is 1.50 bits per heavy atom. The average Bonchev–Trinajstić information content (AvgIpc) is 2.66. The third kappa shape index (κ3) is 4.66. The average molecular weight is 292 g/mol. The van der Waals surface area contributed by atoms with Crippen LogP contribution in [0.2, 0.25) is 0 Å². The van der Waals surface area contributed by atoms with Crippen molar-refractivity contribution in [3.8, 4) is 5.75 Å². The number of sulfone groups is 1. The summed E-state index contributed by atoms with van der Waals surface area (Å²) in [7, 11) is -3.00. The van der Waals surface area contributed by atoms with Gasteiger partial charge in [0, 0.05) is 11.1 Å². The van der Waals surface area contributed by atoms with E-state index in [-0.39, 0.29) is 17.2 Å². The molecule has 1 aromatic heterocycles. The standard InChI is InChI=1S/C11H16O5S2/c1-3-8-7-9(10(17-8)11(12)13)16-5-4-6-18(2,14)15/h7H,3-6H2,1-2H3,(H,12,13). The Kier molecular flexibility index (Phi) is 5.15. The van der Waals surface area contributed by atoms with Crippen molar-refractivity contribution >= 4 is 27.1 Å². The van der Waals surface area contributed by atoms with Crippen LogP contribution in [0.3, 0.4) is 0 Å². The Morgan fingerprint density at radius 3 is 2.67 bits per heavy atom. The van der Waals surface area contributed by atoms with Gasteiger partial charge in [-0.25, -0.2) is 13.2 Å². The van der Waals surface area contributed by atoms with E-state index >= 15 is 0 Å². The van der Waals surface area contributed by atoms with Crippen LogP contribution in [0, 0.1) is 0 Å². The fourth-order valence-corrected chi connectivity index (χ4v) is 2.88. The van der Waals surface area contributed by atoms with Crippen molar-refractivity contribution in [3.63, 3.8) is 0 Å². The molecule has 0 aliphatic heterocycles. The summed E-state index contributed by atoms with van der Waals surface area (Å²) in [6.45, 7) is 2.14. The van der Waals surface area contributed by atoms with Gasteiger partial charge in [0.15, 0.2) is 4.88 Å². The predicted octanol–water partition coefficient (Wildman–Crippen LogP) is 1.82. The molecule has 0 saturated heterocycles. The lowest BCUT2D eigenvalue weighted by Crippen LogP contribution is -2.08. The molecule has 0 aliphatic rings. The van der Waals surface area contributed by atoms with Gasteiger partial charge in [-0.3, -0.25) is 0 Å². The zero-order chi connectivity index (χ0) is 13.8. The molecule has 1 aromatic rings. The fraction of sp³-hybridized carbons (Fsp3) is 0.545. The summed E-state index contributed by atoms with van der Waals surface area (Å²) in [5, 5.41) is 8.99. The number of hydrogen-bond donors (Lipinski definition) is 1. The number of hydrogen-bond acceptors (Lipinski definition) is 5. The van der Waals surface area contributed by atoms with Gasteiger partial charge < -0.3 is 9.84 Å². The maximum atomic E-state index is 11.0. The highest BCUT2D eigenvalue weighted by Gasteiger charge is 2.16. The van der Waals surface area contributed by atoms with Crippen LogP contribution in [0.15, 0.2) is 6.07 Å². The molecule has 0 saturated carbocycles. The van der Waals surface area contributed by atoms with Crippen LogP contribution in [0.1, 0.15) is 27.9 Å². The van der Waals surface area contributed by atoms with Crippen LogP contribution < -0.4 is 4.74 Å². The van der Waals surface area contributed by atoms with E-state index in [9.17, 15) is 13.2 Å². The Bertz CT molecular complexity index is 516. The number of carboxylic acid groups (broad SMARTS) is 1. The molecule has 7 heteroatoms. The highest BCUT2D eigenvalue weighted by molar-refractivity contribution is 7.90. The van der Waals surface area contributed by atoms with E-state index in [1.807, 2.05) is 6.92 Å². The largest absolute Gasteiger partial charge is 0.492 e. The van der Waals surface area contributed by atoms with E-state index in [2.05, 4.69) is 0 Å². The number of carbonyl (C=O) groups is 1. The van der Waals surface area contributed by atoms with Gasteiger partial charge in [-0.15, -0.1) is 11.3 Å². The van der Waals surface area contributed by atoms with E-state index in [1.165, 1.54) is 11.3 Å². The SMILES string of the molecule is CCc1cc(OCCCS(C)(=O)=O)c(C(=O)O)s1. The van der Waals surface area contributed by atoms with Crippen LogP contribution in [0.5, 0.6) is 5.75 Å². The third-order valence-corrected chi connectivity index (χ3v) is 4.49. The molecule has 102 valence electrons. The van der Waals surface area contributed by atoms with Crippen molar-refractivity contribution in [2.24, 2.45) is 0 Å². The minimum absolute atomic E-state index is 0.0418. The van der Waals surface area contributed by atoms with Crippen LogP contribution in [0.4, 0.5) is 0 Å². The zero-order valence-electron chi connectivity index (χ0n) is 10.3. The summed E-state index contributed by atoms with van der Waals surface area (Å²) < 4.78 is 27.2. The lowest BCUT2D eigenvalue weighted by Gasteiger charge is -2.04. The first-order valence-corrected chi connectivity index (χ1v) is 8.37.